The van der Waals surface area contributed by atoms with E-state index in [0.29, 0.717) is 19.3 Å². The van der Waals surface area contributed by atoms with E-state index in [2.05, 4.69) is 6.92 Å². The van der Waals surface area contributed by atoms with Crippen LogP contribution in [0.5, 0.6) is 0 Å². The summed E-state index contributed by atoms with van der Waals surface area (Å²) in [6.07, 6.45) is 11.3. The number of rotatable bonds is 8. The summed E-state index contributed by atoms with van der Waals surface area (Å²) in [4.78, 5) is 0. The van der Waals surface area contributed by atoms with Gasteiger partial charge in [0, 0.05) is 13.0 Å². The van der Waals surface area contributed by atoms with E-state index in [9.17, 15) is 0 Å². The first-order chi connectivity index (χ1) is 10.3. The smallest absolute Gasteiger partial charge is 0.194 e. The first-order valence-electron chi connectivity index (χ1n) is 8.85. The fourth-order valence-corrected chi connectivity index (χ4v) is 3.52. The van der Waals surface area contributed by atoms with Crippen LogP contribution in [-0.2, 0) is 14.2 Å². The van der Waals surface area contributed by atoms with Crippen LogP contribution in [0.1, 0.15) is 71.1 Å². The van der Waals surface area contributed by atoms with Crippen LogP contribution in [0.15, 0.2) is 0 Å². The highest BCUT2D eigenvalue weighted by molar-refractivity contribution is 4.88. The van der Waals surface area contributed by atoms with Crippen molar-refractivity contribution in [3.05, 3.63) is 0 Å². The first-order valence-corrected chi connectivity index (χ1v) is 8.85. The minimum Gasteiger partial charge on any atom is -0.396 e. The Morgan fingerprint density at radius 1 is 1.05 bits per heavy atom. The molecule has 1 N–H and O–H groups in total. The Balaban J connectivity index is 1.89. The van der Waals surface area contributed by atoms with Gasteiger partial charge in [0.25, 0.3) is 0 Å². The van der Waals surface area contributed by atoms with Crippen molar-refractivity contribution in [2.24, 2.45) is 0 Å². The average Bonchev–Trinajstić information content (AvgIpc) is 2.89. The second-order valence-electron chi connectivity index (χ2n) is 6.36. The number of hydrogen-bond acceptors (Lipinski definition) is 4. The molecule has 2 fully saturated rings. The van der Waals surface area contributed by atoms with Crippen molar-refractivity contribution in [1.29, 1.82) is 0 Å². The minimum atomic E-state index is -0.534. The molecule has 0 aromatic heterocycles. The van der Waals surface area contributed by atoms with Crippen LogP contribution in [0.3, 0.4) is 0 Å². The lowest BCUT2D eigenvalue weighted by Crippen LogP contribution is -2.45. The lowest BCUT2D eigenvalue weighted by molar-refractivity contribution is -0.240. The summed E-state index contributed by atoms with van der Waals surface area (Å²) in [5.74, 6) is -0.534. The van der Waals surface area contributed by atoms with Gasteiger partial charge in [0.1, 0.15) is 6.10 Å². The molecule has 1 spiro atoms. The van der Waals surface area contributed by atoms with Gasteiger partial charge in [0.15, 0.2) is 5.79 Å². The summed E-state index contributed by atoms with van der Waals surface area (Å²) in [5.41, 5.74) is 0. The number of aliphatic hydroxyl groups excluding tert-OH is 1. The molecule has 0 amide bonds. The summed E-state index contributed by atoms with van der Waals surface area (Å²) >= 11 is 0. The van der Waals surface area contributed by atoms with Crippen LogP contribution in [-0.4, -0.2) is 42.9 Å². The lowest BCUT2D eigenvalue weighted by atomic mass is 9.99. The molecule has 0 saturated carbocycles. The van der Waals surface area contributed by atoms with Gasteiger partial charge >= 0.3 is 0 Å². The molecule has 4 nitrogen and oxygen atoms in total. The van der Waals surface area contributed by atoms with Crippen molar-refractivity contribution in [2.75, 3.05) is 19.8 Å². The minimum absolute atomic E-state index is 0.0224. The van der Waals surface area contributed by atoms with Crippen molar-refractivity contribution in [2.45, 2.75) is 89.1 Å². The highest BCUT2D eigenvalue weighted by Crippen LogP contribution is 2.38. The molecular weight excluding hydrogens is 268 g/mol. The predicted octanol–water partition coefficient (Wildman–Crippen LogP) is 3.41. The number of hydrogen-bond donors (Lipinski definition) is 1. The van der Waals surface area contributed by atoms with Gasteiger partial charge in [-0.15, -0.1) is 0 Å². The maximum Gasteiger partial charge on any atom is 0.194 e. The van der Waals surface area contributed by atoms with Crippen LogP contribution in [0.4, 0.5) is 0 Å². The molecule has 2 aliphatic rings. The molecule has 4 heteroatoms. The van der Waals surface area contributed by atoms with Gasteiger partial charge < -0.3 is 19.3 Å². The first kappa shape index (κ1) is 17.2. The second-order valence-corrected chi connectivity index (χ2v) is 6.36. The fourth-order valence-electron chi connectivity index (χ4n) is 3.52. The van der Waals surface area contributed by atoms with E-state index in [0.717, 1.165) is 38.5 Å². The Morgan fingerprint density at radius 2 is 1.86 bits per heavy atom. The largest absolute Gasteiger partial charge is 0.396 e. The van der Waals surface area contributed by atoms with Crippen LogP contribution in [0, 0.1) is 0 Å². The fraction of sp³-hybridized carbons (Fsp3) is 1.00. The number of ether oxygens (including phenoxy) is 3. The van der Waals surface area contributed by atoms with E-state index in [1.165, 1.54) is 25.7 Å². The summed E-state index contributed by atoms with van der Waals surface area (Å²) in [7, 11) is 0. The summed E-state index contributed by atoms with van der Waals surface area (Å²) < 4.78 is 18.2. The SMILES string of the molecule is CCCCCC[C@H]1CCCC2(OCCO2)[C@@H](CCCO)O1. The summed E-state index contributed by atoms with van der Waals surface area (Å²) in [6.45, 7) is 3.78. The molecule has 0 aromatic carbocycles. The van der Waals surface area contributed by atoms with Crippen molar-refractivity contribution < 1.29 is 19.3 Å². The molecule has 2 heterocycles. The molecule has 0 bridgehead atoms. The van der Waals surface area contributed by atoms with E-state index in [1.807, 2.05) is 0 Å². The molecule has 2 aliphatic heterocycles. The van der Waals surface area contributed by atoms with Gasteiger partial charge in [0.05, 0.1) is 19.3 Å². The van der Waals surface area contributed by atoms with E-state index in [1.54, 1.807) is 0 Å². The zero-order valence-corrected chi connectivity index (χ0v) is 13.5. The highest BCUT2D eigenvalue weighted by Gasteiger charge is 2.46. The third-order valence-corrected chi connectivity index (χ3v) is 4.68. The molecule has 21 heavy (non-hydrogen) atoms. The normalized spacial score (nSPS) is 28.9. The Labute approximate surface area is 129 Å². The maximum atomic E-state index is 9.13. The average molecular weight is 300 g/mol. The van der Waals surface area contributed by atoms with Gasteiger partial charge in [-0.3, -0.25) is 0 Å². The molecule has 0 aliphatic carbocycles. The summed E-state index contributed by atoms with van der Waals surface area (Å²) in [5, 5.41) is 9.13. The number of aliphatic hydroxyl groups is 1. The van der Waals surface area contributed by atoms with Gasteiger partial charge in [-0.1, -0.05) is 32.6 Å². The third kappa shape index (κ3) is 4.92. The molecule has 2 rings (SSSR count). The van der Waals surface area contributed by atoms with Crippen LogP contribution in [0.2, 0.25) is 0 Å². The van der Waals surface area contributed by atoms with Gasteiger partial charge in [-0.25, -0.2) is 0 Å². The van der Waals surface area contributed by atoms with Crippen LogP contribution >= 0.6 is 0 Å². The zero-order chi connectivity index (χ0) is 15.0. The molecule has 2 atom stereocenters. The van der Waals surface area contributed by atoms with E-state index in [-0.39, 0.29) is 12.7 Å². The predicted molar refractivity (Wildman–Crippen MR) is 82.2 cm³/mol. The van der Waals surface area contributed by atoms with Crippen molar-refractivity contribution in [3.8, 4) is 0 Å². The lowest BCUT2D eigenvalue weighted by Gasteiger charge is -2.34. The third-order valence-electron chi connectivity index (χ3n) is 4.68. The Hall–Kier alpha value is -0.160. The quantitative estimate of drug-likeness (QED) is 0.698. The van der Waals surface area contributed by atoms with E-state index in [4.69, 9.17) is 19.3 Å². The van der Waals surface area contributed by atoms with Crippen molar-refractivity contribution >= 4 is 0 Å². The van der Waals surface area contributed by atoms with Crippen molar-refractivity contribution in [1.82, 2.24) is 0 Å². The second kappa shape index (κ2) is 9.09. The number of unbranched alkanes of at least 4 members (excludes halogenated alkanes) is 3. The topological polar surface area (TPSA) is 47.9 Å². The van der Waals surface area contributed by atoms with Crippen LogP contribution < -0.4 is 0 Å². The zero-order valence-electron chi connectivity index (χ0n) is 13.5. The molecule has 124 valence electrons. The van der Waals surface area contributed by atoms with Gasteiger partial charge in [-0.05, 0) is 32.1 Å². The maximum absolute atomic E-state index is 9.13. The van der Waals surface area contributed by atoms with E-state index < -0.39 is 5.79 Å². The Bertz CT molecular complexity index is 276. The molecule has 0 unspecified atom stereocenters. The summed E-state index contributed by atoms with van der Waals surface area (Å²) in [6, 6.07) is 0. The molecular formula is C17H32O4. The van der Waals surface area contributed by atoms with Gasteiger partial charge in [0.2, 0.25) is 0 Å². The Kier molecular flexibility index (Phi) is 7.44. The molecule has 0 aromatic rings. The van der Waals surface area contributed by atoms with Crippen molar-refractivity contribution in [3.63, 3.8) is 0 Å². The van der Waals surface area contributed by atoms with Gasteiger partial charge in [-0.2, -0.15) is 0 Å². The molecule has 0 radical (unpaired) electrons. The highest BCUT2D eigenvalue weighted by atomic mass is 16.8. The molecule has 2 saturated heterocycles. The monoisotopic (exact) mass is 300 g/mol. The standard InChI is InChI=1S/C17H32O4/c1-2-3-4-5-8-15-9-6-11-17(19-13-14-20-17)16(21-15)10-7-12-18/h15-16,18H,2-14H2,1H3/t15-,16+/m0/s1. The Morgan fingerprint density at radius 3 is 2.57 bits per heavy atom. The van der Waals surface area contributed by atoms with Crippen LogP contribution in [0.25, 0.3) is 0 Å². The van der Waals surface area contributed by atoms with E-state index >= 15 is 0 Å².